The molecule has 3 N–H and O–H groups in total. The maximum Gasteiger partial charge on any atom is 0.144 e. The van der Waals surface area contributed by atoms with Gasteiger partial charge in [0.05, 0.1) is 30.2 Å². The highest BCUT2D eigenvalue weighted by Crippen LogP contribution is 2.30. The van der Waals surface area contributed by atoms with E-state index < -0.39 is 0 Å². The van der Waals surface area contributed by atoms with Gasteiger partial charge < -0.3 is 20.5 Å². The van der Waals surface area contributed by atoms with Gasteiger partial charge in [-0.25, -0.2) is 0 Å². The standard InChI is InChI=1S/C17H28N2O2/c1-13(2)21-16-10-6-9-15(17(16)18)19-11-12-20-14-7-4-3-5-8-14/h6,9-10,13-14,19H,3-5,7-8,11-12,18H2,1-2H3. The molecule has 1 aliphatic carbocycles. The molecule has 4 nitrogen and oxygen atoms in total. The molecule has 0 saturated heterocycles. The lowest BCUT2D eigenvalue weighted by Crippen LogP contribution is -2.20. The lowest BCUT2D eigenvalue weighted by Gasteiger charge is -2.22. The summed E-state index contributed by atoms with van der Waals surface area (Å²) in [6.07, 6.45) is 6.96. The van der Waals surface area contributed by atoms with Crippen molar-refractivity contribution in [3.63, 3.8) is 0 Å². The van der Waals surface area contributed by atoms with Gasteiger partial charge in [-0.2, -0.15) is 0 Å². The molecule has 0 spiro atoms. The van der Waals surface area contributed by atoms with E-state index in [1.807, 2.05) is 32.0 Å². The summed E-state index contributed by atoms with van der Waals surface area (Å²) in [7, 11) is 0. The third-order valence-corrected chi connectivity index (χ3v) is 3.75. The summed E-state index contributed by atoms with van der Waals surface area (Å²) in [5, 5.41) is 3.34. The second-order valence-electron chi connectivity index (χ2n) is 5.94. The molecule has 1 saturated carbocycles. The van der Waals surface area contributed by atoms with Crippen molar-refractivity contribution in [3.05, 3.63) is 18.2 Å². The molecule has 0 bridgehead atoms. The number of ether oxygens (including phenoxy) is 2. The van der Waals surface area contributed by atoms with Crippen LogP contribution in [0.15, 0.2) is 18.2 Å². The smallest absolute Gasteiger partial charge is 0.144 e. The number of anilines is 2. The molecule has 1 aromatic rings. The van der Waals surface area contributed by atoms with Crippen LogP contribution in [0.1, 0.15) is 46.0 Å². The van der Waals surface area contributed by atoms with E-state index in [1.165, 1.54) is 32.1 Å². The number of nitrogen functional groups attached to an aromatic ring is 1. The van der Waals surface area contributed by atoms with Crippen LogP contribution in [0.4, 0.5) is 11.4 Å². The Bertz CT molecular complexity index is 429. The van der Waals surface area contributed by atoms with Gasteiger partial charge in [-0.1, -0.05) is 25.3 Å². The average molecular weight is 292 g/mol. The van der Waals surface area contributed by atoms with Crippen molar-refractivity contribution in [2.24, 2.45) is 0 Å². The van der Waals surface area contributed by atoms with Crippen LogP contribution < -0.4 is 15.8 Å². The first-order chi connectivity index (χ1) is 10.2. The topological polar surface area (TPSA) is 56.5 Å². The van der Waals surface area contributed by atoms with Gasteiger partial charge in [-0.05, 0) is 38.8 Å². The molecule has 2 rings (SSSR count). The highest BCUT2D eigenvalue weighted by Gasteiger charge is 2.13. The number of para-hydroxylation sites is 1. The molecular formula is C17H28N2O2. The van der Waals surface area contributed by atoms with Gasteiger partial charge >= 0.3 is 0 Å². The molecule has 0 unspecified atom stereocenters. The Hall–Kier alpha value is -1.42. The van der Waals surface area contributed by atoms with E-state index in [2.05, 4.69) is 5.32 Å². The van der Waals surface area contributed by atoms with Gasteiger partial charge in [0, 0.05) is 6.54 Å². The van der Waals surface area contributed by atoms with Crippen molar-refractivity contribution in [1.82, 2.24) is 0 Å². The van der Waals surface area contributed by atoms with E-state index in [9.17, 15) is 0 Å². The van der Waals surface area contributed by atoms with Crippen molar-refractivity contribution in [2.45, 2.75) is 58.2 Å². The van der Waals surface area contributed by atoms with Crippen molar-refractivity contribution in [3.8, 4) is 5.75 Å². The number of hydrogen-bond acceptors (Lipinski definition) is 4. The molecular weight excluding hydrogens is 264 g/mol. The molecule has 1 fully saturated rings. The van der Waals surface area contributed by atoms with Gasteiger partial charge in [-0.3, -0.25) is 0 Å². The third kappa shape index (κ3) is 5.12. The van der Waals surface area contributed by atoms with Crippen LogP contribution in [0.3, 0.4) is 0 Å². The minimum Gasteiger partial charge on any atom is -0.489 e. The van der Waals surface area contributed by atoms with E-state index >= 15 is 0 Å². The summed E-state index contributed by atoms with van der Waals surface area (Å²) in [6.45, 7) is 5.49. The summed E-state index contributed by atoms with van der Waals surface area (Å²) in [4.78, 5) is 0. The van der Waals surface area contributed by atoms with Gasteiger partial charge in [0.2, 0.25) is 0 Å². The quantitative estimate of drug-likeness (QED) is 0.592. The normalized spacial score (nSPS) is 16.1. The highest BCUT2D eigenvalue weighted by molar-refractivity contribution is 5.72. The molecule has 0 aliphatic heterocycles. The summed E-state index contributed by atoms with van der Waals surface area (Å²) < 4.78 is 11.6. The van der Waals surface area contributed by atoms with Crippen molar-refractivity contribution < 1.29 is 9.47 Å². The first kappa shape index (κ1) is 16.0. The number of rotatable bonds is 7. The largest absolute Gasteiger partial charge is 0.489 e. The van der Waals surface area contributed by atoms with E-state index in [0.717, 1.165) is 24.6 Å². The molecule has 1 aromatic carbocycles. The minimum atomic E-state index is 0.122. The van der Waals surface area contributed by atoms with Gasteiger partial charge in [0.1, 0.15) is 5.75 Å². The number of nitrogens with two attached hydrogens (primary N) is 1. The van der Waals surface area contributed by atoms with Gasteiger partial charge in [0.15, 0.2) is 0 Å². The summed E-state index contributed by atoms with van der Waals surface area (Å²) in [5.41, 5.74) is 7.72. The molecule has 21 heavy (non-hydrogen) atoms. The molecule has 0 radical (unpaired) electrons. The summed E-state index contributed by atoms with van der Waals surface area (Å²) in [6, 6.07) is 5.83. The minimum absolute atomic E-state index is 0.122. The fraction of sp³-hybridized carbons (Fsp3) is 0.647. The Kier molecular flexibility index (Phi) is 6.18. The van der Waals surface area contributed by atoms with Gasteiger partial charge in [-0.15, -0.1) is 0 Å². The van der Waals surface area contributed by atoms with Crippen LogP contribution >= 0.6 is 0 Å². The van der Waals surface area contributed by atoms with Crippen LogP contribution in [0.5, 0.6) is 5.75 Å². The lowest BCUT2D eigenvalue weighted by atomic mass is 9.98. The molecule has 0 amide bonds. The number of hydrogen-bond donors (Lipinski definition) is 2. The zero-order chi connectivity index (χ0) is 15.1. The Balaban J connectivity index is 1.77. The summed E-state index contributed by atoms with van der Waals surface area (Å²) in [5.74, 6) is 0.739. The number of benzene rings is 1. The van der Waals surface area contributed by atoms with Crippen LogP contribution in [-0.4, -0.2) is 25.4 Å². The maximum atomic E-state index is 6.13. The first-order valence-corrected chi connectivity index (χ1v) is 8.07. The van der Waals surface area contributed by atoms with Crippen molar-refractivity contribution in [1.29, 1.82) is 0 Å². The molecule has 0 atom stereocenters. The Morgan fingerprint density at radius 3 is 2.71 bits per heavy atom. The van der Waals surface area contributed by atoms with Crippen LogP contribution in [0.25, 0.3) is 0 Å². The highest BCUT2D eigenvalue weighted by atomic mass is 16.5. The van der Waals surface area contributed by atoms with E-state index in [0.29, 0.717) is 11.8 Å². The molecule has 118 valence electrons. The van der Waals surface area contributed by atoms with Crippen LogP contribution in [-0.2, 0) is 4.74 Å². The Labute approximate surface area is 128 Å². The molecule has 0 heterocycles. The number of nitrogens with one attached hydrogen (secondary N) is 1. The third-order valence-electron chi connectivity index (χ3n) is 3.75. The second kappa shape index (κ2) is 8.13. The fourth-order valence-corrected chi connectivity index (χ4v) is 2.70. The van der Waals surface area contributed by atoms with E-state index in [4.69, 9.17) is 15.2 Å². The van der Waals surface area contributed by atoms with E-state index in [-0.39, 0.29) is 6.10 Å². The van der Waals surface area contributed by atoms with Crippen molar-refractivity contribution >= 4 is 11.4 Å². The van der Waals surface area contributed by atoms with Crippen LogP contribution in [0, 0.1) is 0 Å². The predicted octanol–water partition coefficient (Wildman–Crippen LogP) is 3.82. The summed E-state index contributed by atoms with van der Waals surface area (Å²) >= 11 is 0. The molecule has 4 heteroatoms. The Morgan fingerprint density at radius 2 is 2.00 bits per heavy atom. The van der Waals surface area contributed by atoms with Gasteiger partial charge in [0.25, 0.3) is 0 Å². The Morgan fingerprint density at radius 1 is 1.24 bits per heavy atom. The first-order valence-electron chi connectivity index (χ1n) is 8.07. The second-order valence-corrected chi connectivity index (χ2v) is 5.94. The fourth-order valence-electron chi connectivity index (χ4n) is 2.70. The van der Waals surface area contributed by atoms with E-state index in [1.54, 1.807) is 0 Å². The maximum absolute atomic E-state index is 6.13. The SMILES string of the molecule is CC(C)Oc1cccc(NCCOC2CCCCC2)c1N. The monoisotopic (exact) mass is 292 g/mol. The molecule has 0 aromatic heterocycles. The predicted molar refractivity (Wildman–Crippen MR) is 87.9 cm³/mol. The average Bonchev–Trinajstić information content (AvgIpc) is 2.48. The zero-order valence-electron chi connectivity index (χ0n) is 13.2. The van der Waals surface area contributed by atoms with Crippen LogP contribution in [0.2, 0.25) is 0 Å². The molecule has 1 aliphatic rings. The lowest BCUT2D eigenvalue weighted by molar-refractivity contribution is 0.0347. The zero-order valence-corrected chi connectivity index (χ0v) is 13.2. The van der Waals surface area contributed by atoms with Crippen molar-refractivity contribution in [2.75, 3.05) is 24.2 Å².